The van der Waals surface area contributed by atoms with Crippen molar-refractivity contribution in [2.45, 2.75) is 0 Å². The minimum atomic E-state index is 0.695. The standard InChI is InChI=1S/C56H38N4/c1-4-18-39(19-5-1)47-26-14-16-30-52(47)59-53-31-17-15-29-50(53)51-38-43(34-37-54(51)59)46-25-11-13-28-49(46)48-27-12-10-24-45(48)40-32-35-44(36-33-40)60-56(42-22-8-3-9-23-42)57-55(58-60)41-20-6-2-7-21-41/h1-38H. The first kappa shape index (κ1) is 35.1. The number of hydrogen-bond acceptors (Lipinski definition) is 2. The molecule has 0 fully saturated rings. The molecule has 2 aromatic heterocycles. The van der Waals surface area contributed by atoms with Gasteiger partial charge in [-0.2, -0.15) is 0 Å². The van der Waals surface area contributed by atoms with Gasteiger partial charge in [0.1, 0.15) is 0 Å². The fraction of sp³-hybridized carbons (Fsp3) is 0. The number of nitrogens with zero attached hydrogens (tertiary/aromatic N) is 4. The fourth-order valence-corrected chi connectivity index (χ4v) is 8.63. The number of benzene rings is 9. The van der Waals surface area contributed by atoms with E-state index in [9.17, 15) is 0 Å². The summed E-state index contributed by atoms with van der Waals surface area (Å²) in [7, 11) is 0. The van der Waals surface area contributed by atoms with Gasteiger partial charge in [0.05, 0.1) is 22.4 Å². The summed E-state index contributed by atoms with van der Waals surface area (Å²) in [6, 6.07) is 81.7. The first-order valence-corrected chi connectivity index (χ1v) is 20.3. The third kappa shape index (κ3) is 6.19. The average molecular weight is 767 g/mol. The van der Waals surface area contributed by atoms with E-state index in [-0.39, 0.29) is 0 Å². The van der Waals surface area contributed by atoms with E-state index in [2.05, 4.69) is 199 Å². The normalized spacial score (nSPS) is 11.3. The molecule has 0 saturated heterocycles. The molecular weight excluding hydrogens is 729 g/mol. The molecule has 2 heterocycles. The molecule has 0 bridgehead atoms. The largest absolute Gasteiger partial charge is 0.309 e. The van der Waals surface area contributed by atoms with Gasteiger partial charge in [0.2, 0.25) is 0 Å². The number of hydrogen-bond donors (Lipinski definition) is 0. The van der Waals surface area contributed by atoms with E-state index < -0.39 is 0 Å². The number of aromatic nitrogens is 4. The summed E-state index contributed by atoms with van der Waals surface area (Å²) in [4.78, 5) is 5.02. The van der Waals surface area contributed by atoms with E-state index in [1.54, 1.807) is 0 Å². The summed E-state index contributed by atoms with van der Waals surface area (Å²) in [6.45, 7) is 0. The van der Waals surface area contributed by atoms with Crippen LogP contribution >= 0.6 is 0 Å². The summed E-state index contributed by atoms with van der Waals surface area (Å²) >= 11 is 0. The molecule has 0 aliphatic rings. The molecule has 9 aromatic carbocycles. The molecule has 0 atom stereocenters. The first-order chi connectivity index (χ1) is 29.8. The van der Waals surface area contributed by atoms with Crippen LogP contribution in [0.4, 0.5) is 0 Å². The third-order valence-electron chi connectivity index (χ3n) is 11.5. The Hall–Kier alpha value is -8.08. The van der Waals surface area contributed by atoms with Gasteiger partial charge in [0, 0.05) is 27.5 Å². The molecular formula is C56H38N4. The Labute approximate surface area is 348 Å². The summed E-state index contributed by atoms with van der Waals surface area (Å²) < 4.78 is 4.38. The van der Waals surface area contributed by atoms with Gasteiger partial charge in [-0.05, 0) is 75.3 Å². The lowest BCUT2D eigenvalue weighted by molar-refractivity contribution is 0.891. The topological polar surface area (TPSA) is 35.6 Å². The summed E-state index contributed by atoms with van der Waals surface area (Å²) in [5, 5.41) is 7.48. The third-order valence-corrected chi connectivity index (χ3v) is 11.5. The Morgan fingerprint density at radius 3 is 1.48 bits per heavy atom. The van der Waals surface area contributed by atoms with Crippen LogP contribution in [-0.4, -0.2) is 19.3 Å². The van der Waals surface area contributed by atoms with E-state index in [1.807, 2.05) is 41.1 Å². The maximum absolute atomic E-state index is 5.02. The molecule has 0 amide bonds. The molecule has 0 N–H and O–H groups in total. The van der Waals surface area contributed by atoms with Crippen molar-refractivity contribution >= 4 is 21.8 Å². The summed E-state index contributed by atoms with van der Waals surface area (Å²) in [6.07, 6.45) is 0. The van der Waals surface area contributed by atoms with Crippen LogP contribution in [0.2, 0.25) is 0 Å². The van der Waals surface area contributed by atoms with Gasteiger partial charge in [-0.25, -0.2) is 9.67 Å². The van der Waals surface area contributed by atoms with E-state index in [0.717, 1.165) is 28.2 Å². The van der Waals surface area contributed by atoms with E-state index in [0.29, 0.717) is 5.82 Å². The molecule has 4 nitrogen and oxygen atoms in total. The molecule has 0 radical (unpaired) electrons. The smallest absolute Gasteiger partial charge is 0.182 e. The van der Waals surface area contributed by atoms with Crippen LogP contribution in [0.1, 0.15) is 0 Å². The predicted octanol–water partition coefficient (Wildman–Crippen LogP) is 14.4. The highest BCUT2D eigenvalue weighted by Gasteiger charge is 2.19. The van der Waals surface area contributed by atoms with Crippen LogP contribution in [0.3, 0.4) is 0 Å². The zero-order valence-corrected chi connectivity index (χ0v) is 32.7. The van der Waals surface area contributed by atoms with E-state index in [1.165, 1.54) is 66.4 Å². The van der Waals surface area contributed by atoms with Crippen molar-refractivity contribution in [1.29, 1.82) is 0 Å². The van der Waals surface area contributed by atoms with Gasteiger partial charge < -0.3 is 4.57 Å². The molecule has 4 heteroatoms. The second kappa shape index (κ2) is 15.0. The van der Waals surface area contributed by atoms with Gasteiger partial charge in [-0.1, -0.05) is 194 Å². The van der Waals surface area contributed by atoms with Crippen molar-refractivity contribution in [1.82, 2.24) is 19.3 Å². The molecule has 0 saturated carbocycles. The highest BCUT2D eigenvalue weighted by atomic mass is 15.4. The van der Waals surface area contributed by atoms with Crippen LogP contribution in [0.15, 0.2) is 231 Å². The van der Waals surface area contributed by atoms with Crippen molar-refractivity contribution in [2.75, 3.05) is 0 Å². The number of para-hydroxylation sites is 2. The van der Waals surface area contributed by atoms with Gasteiger partial charge in [-0.3, -0.25) is 0 Å². The van der Waals surface area contributed by atoms with Crippen molar-refractivity contribution in [3.63, 3.8) is 0 Å². The van der Waals surface area contributed by atoms with Crippen LogP contribution in [0.5, 0.6) is 0 Å². The second-order valence-electron chi connectivity index (χ2n) is 15.0. The van der Waals surface area contributed by atoms with Gasteiger partial charge in [0.25, 0.3) is 0 Å². The zero-order chi connectivity index (χ0) is 39.8. The van der Waals surface area contributed by atoms with E-state index in [4.69, 9.17) is 10.1 Å². The van der Waals surface area contributed by atoms with Crippen molar-refractivity contribution < 1.29 is 0 Å². The van der Waals surface area contributed by atoms with Crippen LogP contribution < -0.4 is 0 Å². The lowest BCUT2D eigenvalue weighted by Crippen LogP contribution is -1.99. The van der Waals surface area contributed by atoms with Crippen LogP contribution in [0.25, 0.3) is 100 Å². The van der Waals surface area contributed by atoms with Gasteiger partial charge in [-0.15, -0.1) is 5.10 Å². The average Bonchev–Trinajstić information content (AvgIpc) is 3.93. The predicted molar refractivity (Wildman–Crippen MR) is 248 cm³/mol. The molecule has 0 aliphatic heterocycles. The van der Waals surface area contributed by atoms with Crippen molar-refractivity contribution in [3.05, 3.63) is 231 Å². The summed E-state index contributed by atoms with van der Waals surface area (Å²) in [5.74, 6) is 1.50. The first-order valence-electron chi connectivity index (χ1n) is 20.3. The van der Waals surface area contributed by atoms with Crippen LogP contribution in [0, 0.1) is 0 Å². The Morgan fingerprint density at radius 2 is 0.800 bits per heavy atom. The highest BCUT2D eigenvalue weighted by Crippen LogP contribution is 2.42. The Kier molecular flexibility index (Phi) is 8.79. The lowest BCUT2D eigenvalue weighted by Gasteiger charge is -2.16. The SMILES string of the molecule is c1ccc(-c2nc(-c3ccccc3)n(-c3ccc(-c4ccccc4-c4ccccc4-c4ccc5c(c4)c4ccccc4n5-c4ccccc4-c4ccccc4)cc3)n2)cc1. The lowest BCUT2D eigenvalue weighted by atomic mass is 9.89. The van der Waals surface area contributed by atoms with Crippen molar-refractivity contribution in [2.24, 2.45) is 0 Å². The van der Waals surface area contributed by atoms with E-state index >= 15 is 0 Å². The van der Waals surface area contributed by atoms with Gasteiger partial charge >= 0.3 is 0 Å². The van der Waals surface area contributed by atoms with Gasteiger partial charge in [0.15, 0.2) is 11.6 Å². The Morgan fingerprint density at radius 1 is 0.317 bits per heavy atom. The zero-order valence-electron chi connectivity index (χ0n) is 32.7. The molecule has 0 aliphatic carbocycles. The monoisotopic (exact) mass is 766 g/mol. The quantitative estimate of drug-likeness (QED) is 0.154. The molecule has 11 rings (SSSR count). The van der Waals surface area contributed by atoms with Crippen molar-refractivity contribution in [3.8, 4) is 78.7 Å². The van der Waals surface area contributed by atoms with Crippen LogP contribution in [-0.2, 0) is 0 Å². The Bertz CT molecular complexity index is 3290. The second-order valence-corrected chi connectivity index (χ2v) is 15.0. The molecule has 0 spiro atoms. The Balaban J connectivity index is 0.998. The molecule has 60 heavy (non-hydrogen) atoms. The maximum atomic E-state index is 5.02. The number of rotatable bonds is 8. The maximum Gasteiger partial charge on any atom is 0.182 e. The fourth-order valence-electron chi connectivity index (χ4n) is 8.63. The minimum absolute atomic E-state index is 0.695. The molecule has 0 unspecified atom stereocenters. The minimum Gasteiger partial charge on any atom is -0.309 e. The number of fused-ring (bicyclic) bond motifs is 3. The molecule has 282 valence electrons. The highest BCUT2D eigenvalue weighted by molar-refractivity contribution is 6.11. The molecule has 11 aromatic rings. The summed E-state index contributed by atoms with van der Waals surface area (Å²) in [5.41, 5.74) is 15.9.